The van der Waals surface area contributed by atoms with E-state index in [-0.39, 0.29) is 5.91 Å². The van der Waals surface area contributed by atoms with Gasteiger partial charge >= 0.3 is 0 Å². The molecule has 3 rings (SSSR count). The molecule has 1 amide bonds. The number of hydrogen-bond donors (Lipinski definition) is 1. The van der Waals surface area contributed by atoms with E-state index in [0.29, 0.717) is 36.8 Å². The van der Waals surface area contributed by atoms with Gasteiger partial charge in [-0.25, -0.2) is 0 Å². The monoisotopic (exact) mass is 340 g/mol. The lowest BCUT2D eigenvalue weighted by atomic mass is 10.1. The van der Waals surface area contributed by atoms with E-state index >= 15 is 0 Å². The van der Waals surface area contributed by atoms with Crippen molar-refractivity contribution < 1.29 is 14.3 Å². The molecule has 25 heavy (non-hydrogen) atoms. The van der Waals surface area contributed by atoms with E-state index in [4.69, 9.17) is 9.47 Å². The summed E-state index contributed by atoms with van der Waals surface area (Å²) in [6, 6.07) is 13.6. The topological polar surface area (TPSA) is 50.8 Å². The number of carbonyl (C=O) groups excluding carboxylic acids is 1. The van der Waals surface area contributed by atoms with Crippen LogP contribution in [0.3, 0.4) is 0 Å². The minimum Gasteiger partial charge on any atom is -0.490 e. The van der Waals surface area contributed by atoms with Gasteiger partial charge < -0.3 is 19.7 Å². The van der Waals surface area contributed by atoms with E-state index in [1.807, 2.05) is 26.2 Å². The van der Waals surface area contributed by atoms with Gasteiger partial charge in [0.2, 0.25) is 0 Å². The van der Waals surface area contributed by atoms with Crippen molar-refractivity contribution in [3.05, 3.63) is 59.2 Å². The largest absolute Gasteiger partial charge is 0.490 e. The second-order valence-electron chi connectivity index (χ2n) is 6.45. The molecular formula is C20H24N2O3. The van der Waals surface area contributed by atoms with Gasteiger partial charge in [-0.2, -0.15) is 0 Å². The zero-order valence-electron chi connectivity index (χ0n) is 14.7. The first kappa shape index (κ1) is 17.3. The van der Waals surface area contributed by atoms with Crippen LogP contribution < -0.4 is 14.8 Å². The summed E-state index contributed by atoms with van der Waals surface area (Å²) in [6.45, 7) is 2.65. The van der Waals surface area contributed by atoms with Crippen LogP contribution in [0.5, 0.6) is 11.5 Å². The van der Waals surface area contributed by atoms with Gasteiger partial charge in [-0.05, 0) is 43.4 Å². The summed E-state index contributed by atoms with van der Waals surface area (Å²) in [5.74, 6) is 1.22. The molecule has 0 fully saturated rings. The van der Waals surface area contributed by atoms with E-state index in [1.165, 1.54) is 5.56 Å². The molecule has 0 saturated heterocycles. The van der Waals surface area contributed by atoms with Gasteiger partial charge in [0.25, 0.3) is 5.91 Å². The molecule has 5 nitrogen and oxygen atoms in total. The molecule has 0 radical (unpaired) electrons. The molecule has 0 aromatic heterocycles. The second-order valence-corrected chi connectivity index (χ2v) is 6.45. The fourth-order valence-corrected chi connectivity index (χ4v) is 2.72. The molecule has 0 atom stereocenters. The first-order chi connectivity index (χ1) is 12.1. The van der Waals surface area contributed by atoms with Crippen LogP contribution in [-0.4, -0.2) is 38.1 Å². The number of ether oxygens (including phenoxy) is 2. The summed E-state index contributed by atoms with van der Waals surface area (Å²) in [5, 5.41) is 2.95. The predicted octanol–water partition coefficient (Wildman–Crippen LogP) is 2.84. The molecule has 132 valence electrons. The van der Waals surface area contributed by atoms with Gasteiger partial charge in [0.1, 0.15) is 0 Å². The Morgan fingerprint density at radius 2 is 1.68 bits per heavy atom. The average Bonchev–Trinajstić information content (AvgIpc) is 2.85. The van der Waals surface area contributed by atoms with Crippen LogP contribution in [0, 0.1) is 0 Å². The summed E-state index contributed by atoms with van der Waals surface area (Å²) in [4.78, 5) is 14.5. The van der Waals surface area contributed by atoms with Crippen LogP contribution in [0.1, 0.15) is 27.9 Å². The molecule has 0 unspecified atom stereocenters. The third-order valence-corrected chi connectivity index (χ3v) is 3.98. The maximum atomic E-state index is 12.4. The molecule has 1 N–H and O–H groups in total. The van der Waals surface area contributed by atoms with Gasteiger partial charge in [-0.3, -0.25) is 4.79 Å². The third kappa shape index (κ3) is 4.73. The highest BCUT2D eigenvalue weighted by Gasteiger charge is 2.14. The van der Waals surface area contributed by atoms with Gasteiger partial charge in [0.05, 0.1) is 13.2 Å². The Hall–Kier alpha value is -2.53. The lowest BCUT2D eigenvalue weighted by molar-refractivity contribution is 0.0950. The molecule has 5 heteroatoms. The summed E-state index contributed by atoms with van der Waals surface area (Å²) in [7, 11) is 4.09. The molecule has 1 aliphatic rings. The van der Waals surface area contributed by atoms with Gasteiger partial charge in [-0.15, -0.1) is 0 Å². The number of carbonyl (C=O) groups is 1. The van der Waals surface area contributed by atoms with Crippen LogP contribution in [0.2, 0.25) is 0 Å². The predicted molar refractivity (Wildman–Crippen MR) is 97.1 cm³/mol. The minimum atomic E-state index is -0.118. The number of benzene rings is 2. The molecule has 1 heterocycles. The first-order valence-electron chi connectivity index (χ1n) is 8.52. The van der Waals surface area contributed by atoms with Crippen molar-refractivity contribution in [2.75, 3.05) is 27.3 Å². The number of nitrogens with zero attached hydrogens (tertiary/aromatic N) is 1. The summed E-state index contributed by atoms with van der Waals surface area (Å²) in [6.07, 6.45) is 0.847. The molecule has 2 aromatic rings. The fourth-order valence-electron chi connectivity index (χ4n) is 2.72. The summed E-state index contributed by atoms with van der Waals surface area (Å²) in [5.41, 5.74) is 2.90. The van der Waals surface area contributed by atoms with Crippen molar-refractivity contribution in [2.24, 2.45) is 0 Å². The molecule has 0 spiro atoms. The molecular weight excluding hydrogens is 316 g/mol. The van der Waals surface area contributed by atoms with Gasteiger partial charge in [-0.1, -0.05) is 24.3 Å². The number of fused-ring (bicyclic) bond motifs is 1. The Morgan fingerprint density at radius 3 is 2.40 bits per heavy atom. The highest BCUT2D eigenvalue weighted by Crippen LogP contribution is 2.30. The van der Waals surface area contributed by atoms with E-state index in [1.54, 1.807) is 18.2 Å². The summed E-state index contributed by atoms with van der Waals surface area (Å²) >= 11 is 0. The van der Waals surface area contributed by atoms with E-state index in [0.717, 1.165) is 18.5 Å². The van der Waals surface area contributed by atoms with Gasteiger partial charge in [0, 0.05) is 25.1 Å². The van der Waals surface area contributed by atoms with Crippen LogP contribution in [-0.2, 0) is 13.1 Å². The van der Waals surface area contributed by atoms with Crippen molar-refractivity contribution in [2.45, 2.75) is 19.5 Å². The van der Waals surface area contributed by atoms with Crippen LogP contribution >= 0.6 is 0 Å². The molecule has 0 saturated carbocycles. The highest BCUT2D eigenvalue weighted by atomic mass is 16.5. The van der Waals surface area contributed by atoms with E-state index < -0.39 is 0 Å². The number of amides is 1. The van der Waals surface area contributed by atoms with Crippen LogP contribution in [0.25, 0.3) is 0 Å². The van der Waals surface area contributed by atoms with Crippen LogP contribution in [0.4, 0.5) is 0 Å². The average molecular weight is 340 g/mol. The molecule has 0 bridgehead atoms. The molecule has 0 aliphatic carbocycles. The number of nitrogens with one attached hydrogen (secondary N) is 1. The van der Waals surface area contributed by atoms with E-state index in [9.17, 15) is 4.79 Å². The SMILES string of the molecule is CN(C)Cc1ccc(CNC(=O)c2ccc3c(c2)OCCCO3)cc1. The van der Waals surface area contributed by atoms with Crippen molar-refractivity contribution in [3.63, 3.8) is 0 Å². The zero-order valence-corrected chi connectivity index (χ0v) is 14.7. The number of rotatable bonds is 5. The number of hydrogen-bond acceptors (Lipinski definition) is 4. The van der Waals surface area contributed by atoms with Crippen molar-refractivity contribution >= 4 is 5.91 Å². The Labute approximate surface area is 148 Å². The Morgan fingerprint density at radius 1 is 1.00 bits per heavy atom. The Balaban J connectivity index is 1.60. The molecule has 2 aromatic carbocycles. The Bertz CT molecular complexity index is 726. The first-order valence-corrected chi connectivity index (χ1v) is 8.52. The Kier molecular flexibility index (Phi) is 5.56. The van der Waals surface area contributed by atoms with Crippen molar-refractivity contribution in [1.82, 2.24) is 10.2 Å². The quantitative estimate of drug-likeness (QED) is 0.909. The second kappa shape index (κ2) is 8.03. The lowest BCUT2D eigenvalue weighted by Gasteiger charge is -2.11. The van der Waals surface area contributed by atoms with Crippen molar-refractivity contribution in [1.29, 1.82) is 0 Å². The van der Waals surface area contributed by atoms with E-state index in [2.05, 4.69) is 22.3 Å². The smallest absolute Gasteiger partial charge is 0.251 e. The maximum absolute atomic E-state index is 12.4. The van der Waals surface area contributed by atoms with Crippen LogP contribution in [0.15, 0.2) is 42.5 Å². The lowest BCUT2D eigenvalue weighted by Crippen LogP contribution is -2.22. The highest BCUT2D eigenvalue weighted by molar-refractivity contribution is 5.94. The van der Waals surface area contributed by atoms with Gasteiger partial charge in [0.15, 0.2) is 11.5 Å². The third-order valence-electron chi connectivity index (χ3n) is 3.98. The van der Waals surface area contributed by atoms with Crippen molar-refractivity contribution in [3.8, 4) is 11.5 Å². The standard InChI is InChI=1S/C20H24N2O3/c1-22(2)14-16-6-4-15(5-7-16)13-21-20(23)17-8-9-18-19(12-17)25-11-3-10-24-18/h4-9,12H,3,10-11,13-14H2,1-2H3,(H,21,23). The maximum Gasteiger partial charge on any atom is 0.251 e. The molecule has 1 aliphatic heterocycles. The fraction of sp³-hybridized carbons (Fsp3) is 0.350. The minimum absolute atomic E-state index is 0.118. The summed E-state index contributed by atoms with van der Waals surface area (Å²) < 4.78 is 11.2. The zero-order chi connectivity index (χ0) is 17.6. The normalized spacial score (nSPS) is 13.4.